The van der Waals surface area contributed by atoms with Crippen molar-refractivity contribution < 1.29 is 9.21 Å². The number of hydrogen-bond acceptors (Lipinski definition) is 4. The number of aryl methyl sites for hydroxylation is 2. The minimum absolute atomic E-state index is 0.163. The molecule has 0 saturated heterocycles. The Morgan fingerprint density at radius 2 is 1.97 bits per heavy atom. The minimum Gasteiger partial charge on any atom is -0.467 e. The van der Waals surface area contributed by atoms with Gasteiger partial charge in [0, 0.05) is 28.3 Å². The SMILES string of the molecule is Cc1c2cnn(CC(=O)NCc3ccco3)c(=O)c2c(C)n1Cc1ccccc1Cl. The van der Waals surface area contributed by atoms with E-state index in [1.165, 1.54) is 4.68 Å². The molecule has 0 aliphatic rings. The van der Waals surface area contributed by atoms with Gasteiger partial charge >= 0.3 is 0 Å². The van der Waals surface area contributed by atoms with E-state index in [2.05, 4.69) is 15.0 Å². The maximum Gasteiger partial charge on any atom is 0.276 e. The molecule has 1 aromatic carbocycles. The van der Waals surface area contributed by atoms with Gasteiger partial charge in [-0.2, -0.15) is 5.10 Å². The van der Waals surface area contributed by atoms with Crippen molar-refractivity contribution in [3.8, 4) is 0 Å². The van der Waals surface area contributed by atoms with E-state index in [-0.39, 0.29) is 24.6 Å². The van der Waals surface area contributed by atoms with Gasteiger partial charge in [-0.15, -0.1) is 0 Å². The number of nitrogens with zero attached hydrogens (tertiary/aromatic N) is 3. The number of benzene rings is 1. The largest absolute Gasteiger partial charge is 0.467 e. The number of carbonyl (C=O) groups excluding carboxylic acids is 1. The number of halogens is 1. The highest BCUT2D eigenvalue weighted by Gasteiger charge is 2.18. The molecule has 0 atom stereocenters. The van der Waals surface area contributed by atoms with Gasteiger partial charge < -0.3 is 14.3 Å². The van der Waals surface area contributed by atoms with Crippen LogP contribution in [0.3, 0.4) is 0 Å². The van der Waals surface area contributed by atoms with Crippen LogP contribution in [0.25, 0.3) is 10.8 Å². The molecule has 4 aromatic rings. The lowest BCUT2D eigenvalue weighted by Gasteiger charge is -2.10. The Bertz CT molecular complexity index is 1270. The van der Waals surface area contributed by atoms with E-state index in [4.69, 9.17) is 16.0 Å². The summed E-state index contributed by atoms with van der Waals surface area (Å²) in [7, 11) is 0. The summed E-state index contributed by atoms with van der Waals surface area (Å²) in [6.07, 6.45) is 3.18. The summed E-state index contributed by atoms with van der Waals surface area (Å²) in [6.45, 7) is 4.50. The van der Waals surface area contributed by atoms with Crippen LogP contribution < -0.4 is 10.9 Å². The third-order valence-electron chi connectivity index (χ3n) is 5.22. The van der Waals surface area contributed by atoms with Crippen molar-refractivity contribution in [3.05, 3.63) is 86.9 Å². The molecule has 154 valence electrons. The molecule has 0 fully saturated rings. The van der Waals surface area contributed by atoms with Crippen LogP contribution in [0, 0.1) is 13.8 Å². The van der Waals surface area contributed by atoms with Gasteiger partial charge in [-0.3, -0.25) is 9.59 Å². The molecule has 0 aliphatic heterocycles. The van der Waals surface area contributed by atoms with Gasteiger partial charge in [0.05, 0.1) is 24.4 Å². The number of amides is 1. The zero-order valence-electron chi connectivity index (χ0n) is 16.7. The summed E-state index contributed by atoms with van der Waals surface area (Å²) < 4.78 is 8.43. The van der Waals surface area contributed by atoms with Gasteiger partial charge in [0.2, 0.25) is 5.91 Å². The number of hydrogen-bond donors (Lipinski definition) is 1. The number of nitrogens with one attached hydrogen (secondary N) is 1. The van der Waals surface area contributed by atoms with Crippen LogP contribution in [0.4, 0.5) is 0 Å². The molecule has 30 heavy (non-hydrogen) atoms. The summed E-state index contributed by atoms with van der Waals surface area (Å²) in [4.78, 5) is 25.3. The molecule has 3 heterocycles. The van der Waals surface area contributed by atoms with Crippen LogP contribution in [0.2, 0.25) is 5.02 Å². The van der Waals surface area contributed by atoms with Crippen LogP contribution in [0.1, 0.15) is 22.7 Å². The van der Waals surface area contributed by atoms with Gasteiger partial charge in [0.15, 0.2) is 0 Å². The van der Waals surface area contributed by atoms with Gasteiger partial charge in [-0.25, -0.2) is 4.68 Å². The zero-order chi connectivity index (χ0) is 21.3. The lowest BCUT2D eigenvalue weighted by molar-refractivity contribution is -0.122. The van der Waals surface area contributed by atoms with Gasteiger partial charge in [-0.1, -0.05) is 29.8 Å². The van der Waals surface area contributed by atoms with Crippen molar-refractivity contribution >= 4 is 28.3 Å². The first kappa shape index (κ1) is 20.0. The van der Waals surface area contributed by atoms with Crippen molar-refractivity contribution in [3.63, 3.8) is 0 Å². The molecule has 3 aromatic heterocycles. The van der Waals surface area contributed by atoms with Crippen LogP contribution in [0.5, 0.6) is 0 Å². The quantitative estimate of drug-likeness (QED) is 0.514. The molecular weight excluding hydrogens is 404 g/mol. The molecule has 0 aliphatic carbocycles. The Morgan fingerprint density at radius 1 is 1.17 bits per heavy atom. The standard InChI is InChI=1S/C22H21ClN4O3/c1-14-18-11-25-27(13-20(28)24-10-17-7-5-9-30-17)22(29)21(18)15(2)26(14)12-16-6-3-4-8-19(16)23/h3-9,11H,10,12-13H2,1-2H3,(H,24,28). The second kappa shape index (κ2) is 8.20. The average Bonchev–Trinajstić information content (AvgIpc) is 3.33. The normalized spacial score (nSPS) is 11.2. The highest BCUT2D eigenvalue weighted by molar-refractivity contribution is 6.31. The van der Waals surface area contributed by atoms with Crippen molar-refractivity contribution in [1.29, 1.82) is 0 Å². The third kappa shape index (κ3) is 3.76. The summed E-state index contributed by atoms with van der Waals surface area (Å²) in [6, 6.07) is 11.2. The highest BCUT2D eigenvalue weighted by atomic mass is 35.5. The molecule has 0 radical (unpaired) electrons. The number of aromatic nitrogens is 3. The maximum atomic E-state index is 13.1. The Balaban J connectivity index is 1.62. The van der Waals surface area contributed by atoms with Crippen molar-refractivity contribution in [2.24, 2.45) is 0 Å². The minimum atomic E-state index is -0.315. The Labute approximate surface area is 177 Å². The molecule has 0 bridgehead atoms. The zero-order valence-corrected chi connectivity index (χ0v) is 17.4. The van der Waals surface area contributed by atoms with E-state index in [0.29, 0.717) is 22.7 Å². The first-order valence-electron chi connectivity index (χ1n) is 9.53. The third-order valence-corrected chi connectivity index (χ3v) is 5.59. The Morgan fingerprint density at radius 3 is 2.70 bits per heavy atom. The maximum absolute atomic E-state index is 13.1. The fraction of sp³-hybridized carbons (Fsp3) is 0.227. The molecule has 8 heteroatoms. The van der Waals surface area contributed by atoms with Crippen LogP contribution in [0.15, 0.2) is 58.1 Å². The van der Waals surface area contributed by atoms with E-state index in [9.17, 15) is 9.59 Å². The topological polar surface area (TPSA) is 82.1 Å². The Kier molecular flexibility index (Phi) is 5.46. The second-order valence-electron chi connectivity index (χ2n) is 7.10. The molecule has 0 saturated carbocycles. The summed E-state index contributed by atoms with van der Waals surface area (Å²) >= 11 is 6.32. The predicted molar refractivity (Wildman–Crippen MR) is 115 cm³/mol. The van der Waals surface area contributed by atoms with E-state index in [1.54, 1.807) is 24.6 Å². The van der Waals surface area contributed by atoms with E-state index < -0.39 is 0 Å². The smallest absolute Gasteiger partial charge is 0.276 e. The first-order valence-corrected chi connectivity index (χ1v) is 9.91. The number of carbonyl (C=O) groups is 1. The average molecular weight is 425 g/mol. The molecule has 0 spiro atoms. The monoisotopic (exact) mass is 424 g/mol. The summed E-state index contributed by atoms with van der Waals surface area (Å²) in [5.74, 6) is 0.326. The van der Waals surface area contributed by atoms with E-state index in [0.717, 1.165) is 22.3 Å². The van der Waals surface area contributed by atoms with E-state index >= 15 is 0 Å². The lowest BCUT2D eigenvalue weighted by Crippen LogP contribution is -2.33. The van der Waals surface area contributed by atoms with Crippen molar-refractivity contribution in [2.75, 3.05) is 0 Å². The fourth-order valence-corrected chi connectivity index (χ4v) is 3.78. The van der Waals surface area contributed by atoms with E-state index in [1.807, 2.05) is 38.1 Å². The van der Waals surface area contributed by atoms with Crippen molar-refractivity contribution in [1.82, 2.24) is 19.7 Å². The molecular formula is C22H21ClN4O3. The highest BCUT2D eigenvalue weighted by Crippen LogP contribution is 2.25. The number of furan rings is 1. The lowest BCUT2D eigenvalue weighted by atomic mass is 10.2. The molecule has 1 amide bonds. The molecule has 0 unspecified atom stereocenters. The summed E-state index contributed by atoms with van der Waals surface area (Å²) in [5, 5.41) is 8.96. The number of rotatable bonds is 6. The Hall–Kier alpha value is -3.32. The second-order valence-corrected chi connectivity index (χ2v) is 7.51. The van der Waals surface area contributed by atoms with Crippen LogP contribution in [-0.4, -0.2) is 20.3 Å². The molecule has 7 nitrogen and oxygen atoms in total. The summed E-state index contributed by atoms with van der Waals surface area (Å²) in [5.41, 5.74) is 2.43. The van der Waals surface area contributed by atoms with Gasteiger partial charge in [0.25, 0.3) is 5.56 Å². The van der Waals surface area contributed by atoms with Crippen LogP contribution >= 0.6 is 11.6 Å². The molecule has 1 N–H and O–H groups in total. The predicted octanol–water partition coefficient (Wildman–Crippen LogP) is 3.43. The van der Waals surface area contributed by atoms with Crippen molar-refractivity contribution in [2.45, 2.75) is 33.5 Å². The fourth-order valence-electron chi connectivity index (χ4n) is 3.58. The first-order chi connectivity index (χ1) is 14.5. The van der Waals surface area contributed by atoms with Gasteiger partial charge in [0.1, 0.15) is 12.3 Å². The van der Waals surface area contributed by atoms with Crippen LogP contribution in [-0.2, 0) is 24.4 Å². The molecule has 4 rings (SSSR count). The number of fused-ring (bicyclic) bond motifs is 1. The van der Waals surface area contributed by atoms with Gasteiger partial charge in [-0.05, 0) is 37.6 Å².